The van der Waals surface area contributed by atoms with Gasteiger partial charge in [-0.05, 0) is 145 Å². The van der Waals surface area contributed by atoms with Gasteiger partial charge in [-0.2, -0.15) is 0 Å². The predicted octanol–water partition coefficient (Wildman–Crippen LogP) is 25.7. The first-order valence-electron chi connectivity index (χ1n) is 30.7. The summed E-state index contributed by atoms with van der Waals surface area (Å²) in [5.41, 5.74) is 13.6. The first kappa shape index (κ1) is 54.4. The molecular weight excluding hydrogens is 1130 g/mol. The highest BCUT2D eigenvalue weighted by molar-refractivity contribution is 7.26. The zero-order chi connectivity index (χ0) is 60.0. The van der Waals surface area contributed by atoms with Crippen LogP contribution in [0.2, 0.25) is 0 Å². The third-order valence-corrected chi connectivity index (χ3v) is 20.5. The molecule has 89 heavy (non-hydrogen) atoms. The van der Waals surface area contributed by atoms with E-state index in [1.807, 2.05) is 54.6 Å². The highest BCUT2D eigenvalue weighted by Gasteiger charge is 2.32. The zero-order valence-electron chi connectivity index (χ0n) is 49.7. The Bertz CT molecular complexity index is 5380. The van der Waals surface area contributed by atoms with Crippen LogP contribution in [-0.2, 0) is 0 Å². The lowest BCUT2D eigenvalue weighted by molar-refractivity contribution is 0.629. The summed E-state index contributed by atoms with van der Waals surface area (Å²) in [4.78, 5) is 4.50. The lowest BCUT2D eigenvalue weighted by Crippen LogP contribution is -2.16. The van der Waals surface area contributed by atoms with Gasteiger partial charge in [0.25, 0.3) is 0 Å². The minimum atomic E-state index is -0.333. The molecule has 0 atom stereocenters. The van der Waals surface area contributed by atoms with E-state index in [4.69, 9.17) is 0 Å². The molecule has 2 nitrogen and oxygen atoms in total. The normalized spacial score (nSPS) is 12.7. The third-order valence-electron chi connectivity index (χ3n) is 18.1. The number of rotatable bonds is 12. The highest BCUT2D eigenvalue weighted by atomic mass is 32.1. The van der Waals surface area contributed by atoms with Crippen LogP contribution in [-0.4, -0.2) is 0 Å². The van der Waals surface area contributed by atoms with Crippen molar-refractivity contribution in [3.63, 3.8) is 0 Å². The molecule has 0 unspecified atom stereocenters. The van der Waals surface area contributed by atoms with Gasteiger partial charge in [0, 0.05) is 52.8 Å². The fraction of sp³-hybridized carbons (Fsp3) is 0.0843. The molecule has 0 fully saturated rings. The first-order valence-corrected chi connectivity index (χ1v) is 32.4. The molecule has 6 heteroatoms. The number of benzene rings is 13. The van der Waals surface area contributed by atoms with E-state index < -0.39 is 0 Å². The van der Waals surface area contributed by atoms with Crippen molar-refractivity contribution in [1.29, 1.82) is 0 Å². The average molecular weight is 1190 g/mol. The lowest BCUT2D eigenvalue weighted by atomic mass is 9.83. The predicted molar refractivity (Wildman–Crippen MR) is 381 cm³/mol. The second-order valence-electron chi connectivity index (χ2n) is 24.0. The highest BCUT2D eigenvalue weighted by Crippen LogP contribution is 2.57. The largest absolute Gasteiger partial charge is 0.305 e. The molecule has 0 amide bonds. The smallest absolute Gasteiger partial charge is 0.148 e. The van der Waals surface area contributed by atoms with Crippen LogP contribution in [0.5, 0.6) is 0 Å². The Morgan fingerprint density at radius 3 is 1.28 bits per heavy atom. The summed E-state index contributed by atoms with van der Waals surface area (Å²) >= 11 is 3.50. The van der Waals surface area contributed by atoms with Crippen molar-refractivity contribution < 1.29 is 8.78 Å². The molecule has 0 radical (unpaired) electrons. The van der Waals surface area contributed by atoms with Gasteiger partial charge in [0.05, 0.1) is 43.5 Å². The van der Waals surface area contributed by atoms with Gasteiger partial charge in [-0.25, -0.2) is 8.78 Å². The van der Waals surface area contributed by atoms with Crippen LogP contribution in [0, 0.1) is 11.6 Å². The molecule has 13 aromatic carbocycles. The molecule has 0 aliphatic heterocycles. The van der Waals surface area contributed by atoms with Gasteiger partial charge in [0.1, 0.15) is 11.6 Å². The number of allylic oxidation sites excluding steroid dienone is 6. The molecule has 0 saturated carbocycles. The van der Waals surface area contributed by atoms with Crippen LogP contribution in [0.4, 0.5) is 42.9 Å². The van der Waals surface area contributed by atoms with Crippen molar-refractivity contribution in [2.24, 2.45) is 0 Å². The molecule has 0 N–H and O–H groups in total. The molecule has 2 heterocycles. The standard InChI is InChI=1S/C83H60F2N2S2/c1-50(2)66-48-74(86(72-36-22-34-62-58-32-18-20-38-76(58)88-82(62)72)80-68(54-28-14-8-15-29-54)44-56(46-70(80)84)52-24-10-5-6-11-25-52)64-42-40-61-67(51(3)4)49-75(65-43-41-60(66)78(64)79(61)65)87(73-37-23-35-63-59-33-19-21-39-77(59)89-83(63)73)81-69(55-30-16-9-17-31-55)45-57(47-71(81)85)53-26-12-7-13-27-53/h5,7-51H,6H2,1-4H3. The first-order chi connectivity index (χ1) is 43.7. The van der Waals surface area contributed by atoms with Crippen LogP contribution >= 0.6 is 22.7 Å². The fourth-order valence-corrected chi connectivity index (χ4v) is 16.4. The molecule has 15 aromatic rings. The minimum absolute atomic E-state index is 0.0554. The van der Waals surface area contributed by atoms with Crippen molar-refractivity contribution in [1.82, 2.24) is 0 Å². The maximum absolute atomic E-state index is 18.9. The number of nitrogens with zero attached hydrogens (tertiary/aromatic N) is 2. The SMILES string of the molecule is CC(C)c1cc(N(c2c(F)cc(C3=CC=CCC=C3)cc2-c2ccccc2)c2cccc3c2sc2ccccc23)c2ccc3c(C(C)C)cc(N(c4c(F)cc(-c5ccccc5)cc4-c4ccccc4)c4cccc5c4sc4ccccc45)c4ccc1c2c34. The van der Waals surface area contributed by atoms with Crippen molar-refractivity contribution >= 4 is 135 Å². The van der Waals surface area contributed by atoms with Gasteiger partial charge in [0.15, 0.2) is 0 Å². The summed E-state index contributed by atoms with van der Waals surface area (Å²) in [5.74, 6) is -0.551. The molecule has 2 aromatic heterocycles. The van der Waals surface area contributed by atoms with Gasteiger partial charge in [-0.1, -0.05) is 234 Å². The number of hydrogen-bond acceptors (Lipinski definition) is 4. The van der Waals surface area contributed by atoms with Crippen LogP contribution in [0.25, 0.3) is 112 Å². The second-order valence-corrected chi connectivity index (χ2v) is 26.1. The summed E-state index contributed by atoms with van der Waals surface area (Å²) in [7, 11) is 0. The Labute approximate surface area is 524 Å². The van der Waals surface area contributed by atoms with E-state index in [0.29, 0.717) is 11.4 Å². The van der Waals surface area contributed by atoms with E-state index >= 15 is 8.78 Å². The van der Waals surface area contributed by atoms with Crippen LogP contribution in [0.3, 0.4) is 0 Å². The van der Waals surface area contributed by atoms with E-state index in [2.05, 4.69) is 238 Å². The van der Waals surface area contributed by atoms with Crippen molar-refractivity contribution in [2.75, 3.05) is 9.80 Å². The Morgan fingerprint density at radius 1 is 0.360 bits per heavy atom. The summed E-state index contributed by atoms with van der Waals surface area (Å²) < 4.78 is 42.2. The van der Waals surface area contributed by atoms with Gasteiger partial charge < -0.3 is 9.80 Å². The molecular formula is C83H60F2N2S2. The Kier molecular flexibility index (Phi) is 13.5. The Balaban J connectivity index is 1.05. The van der Waals surface area contributed by atoms with Gasteiger partial charge in [-0.15, -0.1) is 22.7 Å². The number of thiophene rings is 2. The van der Waals surface area contributed by atoms with E-state index in [-0.39, 0.29) is 23.5 Å². The van der Waals surface area contributed by atoms with E-state index in [0.717, 1.165) is 153 Å². The van der Waals surface area contributed by atoms with Gasteiger partial charge in [0.2, 0.25) is 0 Å². The van der Waals surface area contributed by atoms with Crippen molar-refractivity contribution in [3.8, 4) is 33.4 Å². The number of anilines is 6. The molecule has 428 valence electrons. The summed E-state index contributed by atoms with van der Waals surface area (Å²) in [5, 5.41) is 11.0. The second kappa shape index (κ2) is 22.0. The van der Waals surface area contributed by atoms with E-state index in [1.165, 1.54) is 4.70 Å². The average Bonchev–Trinajstić information content (AvgIpc) is 0.862. The number of halogens is 2. The Morgan fingerprint density at radius 2 is 0.787 bits per heavy atom. The topological polar surface area (TPSA) is 6.48 Å². The molecule has 1 aliphatic rings. The maximum atomic E-state index is 18.9. The molecule has 0 saturated heterocycles. The third kappa shape index (κ3) is 9.07. The quantitative estimate of drug-likeness (QED) is 0.113. The fourth-order valence-electron chi connectivity index (χ4n) is 14.0. The maximum Gasteiger partial charge on any atom is 0.148 e. The van der Waals surface area contributed by atoms with Crippen molar-refractivity contribution in [3.05, 3.63) is 295 Å². The molecule has 16 rings (SSSR count). The van der Waals surface area contributed by atoms with Gasteiger partial charge >= 0.3 is 0 Å². The van der Waals surface area contributed by atoms with Crippen molar-refractivity contribution in [2.45, 2.75) is 46.0 Å². The molecule has 1 aliphatic carbocycles. The van der Waals surface area contributed by atoms with E-state index in [1.54, 1.807) is 34.8 Å². The number of hydrogen-bond donors (Lipinski definition) is 0. The monoisotopic (exact) mass is 1190 g/mol. The summed E-state index contributed by atoms with van der Waals surface area (Å²) in [6.45, 7) is 9.08. The molecule has 0 bridgehead atoms. The van der Waals surface area contributed by atoms with Crippen LogP contribution in [0.1, 0.15) is 62.6 Å². The van der Waals surface area contributed by atoms with Crippen LogP contribution in [0.15, 0.2) is 267 Å². The van der Waals surface area contributed by atoms with Gasteiger partial charge in [-0.3, -0.25) is 0 Å². The number of fused-ring (bicyclic) bond motifs is 6. The Hall–Kier alpha value is -9.98. The summed E-state index contributed by atoms with van der Waals surface area (Å²) in [6.07, 6.45) is 11.3. The summed E-state index contributed by atoms with van der Waals surface area (Å²) in [6, 6.07) is 82.6. The minimum Gasteiger partial charge on any atom is -0.305 e. The van der Waals surface area contributed by atoms with E-state index in [9.17, 15) is 0 Å². The zero-order valence-corrected chi connectivity index (χ0v) is 51.4. The van der Waals surface area contributed by atoms with Crippen LogP contribution < -0.4 is 9.80 Å². The lowest BCUT2D eigenvalue weighted by Gasteiger charge is -2.33. The molecule has 0 spiro atoms.